The molecule has 0 saturated heterocycles. The van der Waals surface area contributed by atoms with Gasteiger partial charge in [0.05, 0.1) is 26.4 Å². The van der Waals surface area contributed by atoms with Crippen molar-refractivity contribution >= 4 is 39.5 Å². The van der Waals surface area contributed by atoms with Crippen LogP contribution in [0.3, 0.4) is 0 Å². The predicted molar refractivity (Wildman–Crippen MR) is 395 cm³/mol. The Bertz CT molecular complexity index is 1870. The van der Waals surface area contributed by atoms with E-state index in [9.17, 15) is 43.2 Å². The quantitative estimate of drug-likeness (QED) is 0.0222. The highest BCUT2D eigenvalue weighted by molar-refractivity contribution is 7.47. The molecule has 0 rings (SSSR count). The minimum atomic E-state index is -4.96. The maximum absolute atomic E-state index is 13.1. The molecule has 0 aromatic carbocycles. The molecule has 0 heterocycles. The Balaban J connectivity index is 5.25. The van der Waals surface area contributed by atoms with E-state index in [0.717, 1.165) is 102 Å². The van der Waals surface area contributed by atoms with Gasteiger partial charge in [0.1, 0.15) is 19.3 Å². The van der Waals surface area contributed by atoms with Crippen molar-refractivity contribution in [3.63, 3.8) is 0 Å². The van der Waals surface area contributed by atoms with E-state index in [1.165, 1.54) is 225 Å². The van der Waals surface area contributed by atoms with Gasteiger partial charge in [0.25, 0.3) is 0 Å². The third-order valence-corrected chi connectivity index (χ3v) is 20.5. The van der Waals surface area contributed by atoms with Crippen LogP contribution in [0.1, 0.15) is 408 Å². The lowest BCUT2D eigenvalue weighted by atomic mass is 9.99. The van der Waals surface area contributed by atoms with Crippen molar-refractivity contribution in [1.82, 2.24) is 0 Å². The van der Waals surface area contributed by atoms with E-state index in [2.05, 4.69) is 41.5 Å². The van der Waals surface area contributed by atoms with Crippen LogP contribution in [0.5, 0.6) is 0 Å². The molecule has 576 valence electrons. The first-order chi connectivity index (χ1) is 46.9. The fourth-order valence-corrected chi connectivity index (χ4v) is 13.6. The van der Waals surface area contributed by atoms with Crippen molar-refractivity contribution in [2.75, 3.05) is 39.6 Å². The number of hydrogen-bond acceptors (Lipinski definition) is 15. The van der Waals surface area contributed by atoms with Crippen LogP contribution in [0, 0.1) is 11.8 Å². The summed E-state index contributed by atoms with van der Waals surface area (Å²) >= 11 is 0. The lowest BCUT2D eigenvalue weighted by Gasteiger charge is -2.21. The third-order valence-electron chi connectivity index (χ3n) is 18.6. The number of carbonyl (C=O) groups is 4. The molecule has 97 heavy (non-hydrogen) atoms. The summed E-state index contributed by atoms with van der Waals surface area (Å²) in [6, 6.07) is 0. The van der Waals surface area contributed by atoms with E-state index in [-0.39, 0.29) is 25.7 Å². The van der Waals surface area contributed by atoms with Crippen LogP contribution in [-0.2, 0) is 65.4 Å². The van der Waals surface area contributed by atoms with Gasteiger partial charge in [0.15, 0.2) is 12.2 Å². The molecular formula is C78H152O17P2. The van der Waals surface area contributed by atoms with Gasteiger partial charge < -0.3 is 33.8 Å². The molecule has 3 N–H and O–H groups in total. The van der Waals surface area contributed by atoms with Gasteiger partial charge in [-0.05, 0) is 37.5 Å². The van der Waals surface area contributed by atoms with Gasteiger partial charge in [-0.3, -0.25) is 37.3 Å². The fourth-order valence-electron chi connectivity index (χ4n) is 12.0. The topological polar surface area (TPSA) is 237 Å². The number of rotatable bonds is 77. The second-order valence-electron chi connectivity index (χ2n) is 28.8. The second kappa shape index (κ2) is 69.8. The Labute approximate surface area is 594 Å². The van der Waals surface area contributed by atoms with E-state index in [1.807, 2.05) is 0 Å². The molecule has 0 fully saturated rings. The average molecular weight is 1420 g/mol. The summed E-state index contributed by atoms with van der Waals surface area (Å²) in [4.78, 5) is 72.9. The highest BCUT2D eigenvalue weighted by atomic mass is 31.2. The van der Waals surface area contributed by atoms with E-state index in [1.54, 1.807) is 0 Å². The highest BCUT2D eigenvalue weighted by Crippen LogP contribution is 2.45. The molecule has 0 aliphatic heterocycles. The van der Waals surface area contributed by atoms with Crippen LogP contribution in [0.15, 0.2) is 0 Å². The fraction of sp³-hybridized carbons (Fsp3) is 0.949. The number of aliphatic hydroxyl groups excluding tert-OH is 1. The number of unbranched alkanes of at least 4 members (excludes halogenated alkanes) is 46. The molecule has 0 amide bonds. The smallest absolute Gasteiger partial charge is 0.462 e. The van der Waals surface area contributed by atoms with Gasteiger partial charge in [0, 0.05) is 25.7 Å². The van der Waals surface area contributed by atoms with Crippen LogP contribution in [0.2, 0.25) is 0 Å². The molecule has 0 aliphatic carbocycles. The summed E-state index contributed by atoms with van der Waals surface area (Å²) in [5, 5.41) is 10.6. The van der Waals surface area contributed by atoms with Gasteiger partial charge in [0.2, 0.25) is 0 Å². The maximum atomic E-state index is 13.1. The van der Waals surface area contributed by atoms with Crippen LogP contribution in [0.25, 0.3) is 0 Å². The lowest BCUT2D eigenvalue weighted by Crippen LogP contribution is -2.30. The third kappa shape index (κ3) is 70.9. The van der Waals surface area contributed by atoms with Crippen LogP contribution in [-0.4, -0.2) is 96.7 Å². The molecule has 17 nitrogen and oxygen atoms in total. The molecule has 0 saturated carbocycles. The van der Waals surface area contributed by atoms with Crippen LogP contribution in [0.4, 0.5) is 0 Å². The largest absolute Gasteiger partial charge is 0.472 e. The molecule has 0 radical (unpaired) electrons. The van der Waals surface area contributed by atoms with Crippen molar-refractivity contribution in [2.45, 2.75) is 426 Å². The van der Waals surface area contributed by atoms with Gasteiger partial charge in [-0.1, -0.05) is 356 Å². The SMILES string of the molecule is CCCCCCCCCCCCCCCCCC(=O)OC[C@H](COP(=O)(O)OC[C@@H](O)COP(=O)(O)OC[C@@H](COC(=O)CCCCCCCCCCCCC)OC(=O)CCCCCCCCCCCCC(C)C)OC(=O)CCCCCCCCCCCCCCCCC(C)CC. The molecular weight excluding hydrogens is 1270 g/mol. The number of hydrogen-bond donors (Lipinski definition) is 3. The van der Waals surface area contributed by atoms with Crippen molar-refractivity contribution in [3.05, 3.63) is 0 Å². The van der Waals surface area contributed by atoms with Gasteiger partial charge >= 0.3 is 39.5 Å². The van der Waals surface area contributed by atoms with Crippen molar-refractivity contribution < 1.29 is 80.2 Å². The summed E-state index contributed by atoms with van der Waals surface area (Å²) in [5.74, 6) is -0.513. The number of carbonyl (C=O) groups excluding carboxylic acids is 4. The lowest BCUT2D eigenvalue weighted by molar-refractivity contribution is -0.161. The first-order valence-corrected chi connectivity index (χ1v) is 43.5. The number of phosphoric acid groups is 2. The summed E-state index contributed by atoms with van der Waals surface area (Å²) in [5.41, 5.74) is 0. The van der Waals surface area contributed by atoms with Crippen molar-refractivity contribution in [2.24, 2.45) is 11.8 Å². The predicted octanol–water partition coefficient (Wildman–Crippen LogP) is 23.1. The van der Waals surface area contributed by atoms with E-state index in [4.69, 9.17) is 37.0 Å². The summed E-state index contributed by atoms with van der Waals surface area (Å²) < 4.78 is 68.6. The van der Waals surface area contributed by atoms with E-state index in [0.29, 0.717) is 25.7 Å². The number of esters is 4. The Morgan fingerprint density at radius 3 is 0.784 bits per heavy atom. The Kier molecular flexibility index (Phi) is 68.4. The van der Waals surface area contributed by atoms with Crippen LogP contribution < -0.4 is 0 Å². The Morgan fingerprint density at radius 2 is 0.526 bits per heavy atom. The second-order valence-corrected chi connectivity index (χ2v) is 31.7. The zero-order valence-corrected chi connectivity index (χ0v) is 65.2. The maximum Gasteiger partial charge on any atom is 0.472 e. The summed E-state index contributed by atoms with van der Waals surface area (Å²) in [7, 11) is -9.91. The molecule has 19 heteroatoms. The van der Waals surface area contributed by atoms with Crippen molar-refractivity contribution in [3.8, 4) is 0 Å². The molecule has 0 aliphatic rings. The van der Waals surface area contributed by atoms with E-state index < -0.39 is 97.5 Å². The molecule has 0 aromatic heterocycles. The monoisotopic (exact) mass is 1420 g/mol. The van der Waals surface area contributed by atoms with Gasteiger partial charge in [-0.15, -0.1) is 0 Å². The molecule has 0 spiro atoms. The molecule has 0 aromatic rings. The number of ether oxygens (including phenoxy) is 4. The molecule has 3 unspecified atom stereocenters. The Morgan fingerprint density at radius 1 is 0.299 bits per heavy atom. The van der Waals surface area contributed by atoms with E-state index >= 15 is 0 Å². The first-order valence-electron chi connectivity index (χ1n) is 40.5. The molecule has 0 bridgehead atoms. The number of phosphoric ester groups is 2. The van der Waals surface area contributed by atoms with Crippen LogP contribution >= 0.6 is 15.6 Å². The summed E-state index contributed by atoms with van der Waals surface area (Å²) in [6.07, 6.45) is 58.0. The standard InChI is InChI=1S/C78H152O17P2/c1-7-10-12-14-16-18-20-21-22-26-30-37-43-49-55-61-76(81)89-67-73(94-77(82)62-56-50-44-38-31-27-24-23-25-29-35-41-47-53-59-71(6)9-3)68-92-96(84,85)90-64-72(79)65-91-97(86,87)93-69-74(66-88-75(80)60-54-48-42-36-28-19-17-15-13-11-8-2)95-78(83)63-57-51-45-39-33-32-34-40-46-52-58-70(4)5/h70-74,79H,7-69H2,1-6H3,(H,84,85)(H,86,87)/t71?,72-,73-,74-/m1/s1. The van der Waals surface area contributed by atoms with Gasteiger partial charge in [-0.25, -0.2) is 9.13 Å². The zero-order valence-electron chi connectivity index (χ0n) is 63.4. The Hall–Kier alpha value is -1.94. The minimum Gasteiger partial charge on any atom is -0.462 e. The normalized spacial score (nSPS) is 14.2. The van der Waals surface area contributed by atoms with Crippen molar-refractivity contribution in [1.29, 1.82) is 0 Å². The molecule has 6 atom stereocenters. The highest BCUT2D eigenvalue weighted by Gasteiger charge is 2.30. The zero-order chi connectivity index (χ0) is 71.4. The van der Waals surface area contributed by atoms with Gasteiger partial charge in [-0.2, -0.15) is 0 Å². The average Bonchev–Trinajstić information content (AvgIpc) is 1.21. The first kappa shape index (κ1) is 95.1. The summed E-state index contributed by atoms with van der Waals surface area (Å²) in [6.45, 7) is 9.66. The number of aliphatic hydroxyl groups is 1. The minimum absolute atomic E-state index is 0.106.